The minimum absolute atomic E-state index is 0.113. The van der Waals surface area contributed by atoms with Crippen molar-refractivity contribution in [1.82, 2.24) is 4.90 Å². The van der Waals surface area contributed by atoms with Crippen molar-refractivity contribution in [2.75, 3.05) is 18.4 Å². The van der Waals surface area contributed by atoms with Gasteiger partial charge < -0.3 is 15.3 Å². The second kappa shape index (κ2) is 6.89. The Kier molecular flexibility index (Phi) is 5.17. The summed E-state index contributed by atoms with van der Waals surface area (Å²) >= 11 is 3.15. The van der Waals surface area contributed by atoms with Crippen molar-refractivity contribution in [2.24, 2.45) is 5.92 Å². The van der Waals surface area contributed by atoms with E-state index in [4.69, 9.17) is 5.11 Å². The summed E-state index contributed by atoms with van der Waals surface area (Å²) in [6.45, 7) is 1.07. The number of carboxylic acid groups (broad SMARTS) is 1. The molecule has 0 saturated carbocycles. The van der Waals surface area contributed by atoms with Gasteiger partial charge >= 0.3 is 12.0 Å². The maximum atomic E-state index is 13.7. The zero-order valence-electron chi connectivity index (χ0n) is 11.3. The molecule has 2 amide bonds. The Labute approximate surface area is 130 Å². The molecule has 0 aliphatic carbocycles. The van der Waals surface area contributed by atoms with E-state index in [0.717, 1.165) is 6.42 Å². The molecule has 1 fully saturated rings. The summed E-state index contributed by atoms with van der Waals surface area (Å²) in [7, 11) is 0. The van der Waals surface area contributed by atoms with Crippen LogP contribution in [0.5, 0.6) is 0 Å². The monoisotopic (exact) mass is 358 g/mol. The predicted molar refractivity (Wildman–Crippen MR) is 79.7 cm³/mol. The van der Waals surface area contributed by atoms with Gasteiger partial charge in [-0.3, -0.25) is 4.79 Å². The molecule has 1 heterocycles. The first-order valence-electron chi connectivity index (χ1n) is 6.68. The zero-order valence-corrected chi connectivity index (χ0v) is 12.9. The van der Waals surface area contributed by atoms with Crippen molar-refractivity contribution in [3.8, 4) is 0 Å². The number of nitrogens with zero attached hydrogens (tertiary/aromatic N) is 1. The van der Waals surface area contributed by atoms with E-state index >= 15 is 0 Å². The van der Waals surface area contributed by atoms with Gasteiger partial charge in [0.25, 0.3) is 0 Å². The van der Waals surface area contributed by atoms with Crippen molar-refractivity contribution < 1.29 is 19.1 Å². The van der Waals surface area contributed by atoms with E-state index in [0.29, 0.717) is 24.0 Å². The molecular weight excluding hydrogens is 343 g/mol. The van der Waals surface area contributed by atoms with Gasteiger partial charge in [-0.15, -0.1) is 0 Å². The number of carbonyl (C=O) groups is 2. The molecule has 21 heavy (non-hydrogen) atoms. The molecule has 0 bridgehead atoms. The van der Waals surface area contributed by atoms with Crippen molar-refractivity contribution in [2.45, 2.75) is 19.3 Å². The molecule has 5 nitrogen and oxygen atoms in total. The summed E-state index contributed by atoms with van der Waals surface area (Å²) in [6, 6.07) is 4.08. The van der Waals surface area contributed by atoms with Gasteiger partial charge in [0, 0.05) is 24.0 Å². The SMILES string of the molecule is O=C(O)CCC1CCN(C(=O)Nc2ccc(Br)cc2F)C1. The average molecular weight is 359 g/mol. The van der Waals surface area contributed by atoms with Crippen molar-refractivity contribution in [3.63, 3.8) is 0 Å². The van der Waals surface area contributed by atoms with Crippen molar-refractivity contribution in [3.05, 3.63) is 28.5 Å². The minimum atomic E-state index is -0.824. The summed E-state index contributed by atoms with van der Waals surface area (Å²) < 4.78 is 14.3. The molecule has 7 heteroatoms. The Morgan fingerprint density at radius 2 is 2.24 bits per heavy atom. The zero-order chi connectivity index (χ0) is 15.4. The number of anilines is 1. The van der Waals surface area contributed by atoms with Crippen LogP contribution in [0.1, 0.15) is 19.3 Å². The lowest BCUT2D eigenvalue weighted by Crippen LogP contribution is -2.33. The lowest BCUT2D eigenvalue weighted by Gasteiger charge is -2.17. The van der Waals surface area contributed by atoms with E-state index < -0.39 is 11.8 Å². The van der Waals surface area contributed by atoms with E-state index in [9.17, 15) is 14.0 Å². The fourth-order valence-electron chi connectivity index (χ4n) is 2.37. The lowest BCUT2D eigenvalue weighted by atomic mass is 10.0. The van der Waals surface area contributed by atoms with Gasteiger partial charge in [-0.1, -0.05) is 15.9 Å². The molecular formula is C14H16BrFN2O3. The maximum Gasteiger partial charge on any atom is 0.321 e. The van der Waals surface area contributed by atoms with E-state index in [1.54, 1.807) is 11.0 Å². The number of urea groups is 1. The molecule has 0 aromatic heterocycles. The Bertz CT molecular complexity index is 553. The Morgan fingerprint density at radius 1 is 1.48 bits per heavy atom. The fourth-order valence-corrected chi connectivity index (χ4v) is 2.70. The number of hydrogen-bond donors (Lipinski definition) is 2. The highest BCUT2D eigenvalue weighted by atomic mass is 79.9. The number of aliphatic carboxylic acids is 1. The van der Waals surface area contributed by atoms with Crippen LogP contribution < -0.4 is 5.32 Å². The number of carboxylic acids is 1. The molecule has 1 saturated heterocycles. The molecule has 2 N–H and O–H groups in total. The highest BCUT2D eigenvalue weighted by Crippen LogP contribution is 2.23. The number of carbonyl (C=O) groups excluding carboxylic acids is 1. The third-order valence-electron chi connectivity index (χ3n) is 3.51. The smallest absolute Gasteiger partial charge is 0.321 e. The molecule has 1 aliphatic rings. The Balaban J connectivity index is 1.88. The number of amides is 2. The molecule has 0 spiro atoms. The molecule has 2 rings (SSSR count). The molecule has 1 aliphatic heterocycles. The lowest BCUT2D eigenvalue weighted by molar-refractivity contribution is -0.137. The van der Waals surface area contributed by atoms with Crippen LogP contribution in [-0.2, 0) is 4.79 Å². The third kappa shape index (κ3) is 4.42. The number of benzene rings is 1. The molecule has 0 radical (unpaired) electrons. The summed E-state index contributed by atoms with van der Waals surface area (Å²) in [6.07, 6.45) is 1.46. The normalized spacial score (nSPS) is 17.8. The predicted octanol–water partition coefficient (Wildman–Crippen LogP) is 3.31. The average Bonchev–Trinajstić information content (AvgIpc) is 2.88. The first kappa shape index (κ1) is 15.8. The van der Waals surface area contributed by atoms with Crippen molar-refractivity contribution in [1.29, 1.82) is 0 Å². The van der Waals surface area contributed by atoms with E-state index in [1.165, 1.54) is 12.1 Å². The van der Waals surface area contributed by atoms with Crippen molar-refractivity contribution >= 4 is 33.6 Å². The summed E-state index contributed by atoms with van der Waals surface area (Å²) in [5.41, 5.74) is 0.136. The molecule has 1 aromatic carbocycles. The number of likely N-dealkylation sites (tertiary alicyclic amines) is 1. The molecule has 114 valence electrons. The van der Waals surface area contributed by atoms with Crippen LogP contribution in [0.15, 0.2) is 22.7 Å². The summed E-state index contributed by atoms with van der Waals surface area (Å²) in [4.78, 5) is 24.2. The van der Waals surface area contributed by atoms with Gasteiger partial charge in [-0.2, -0.15) is 0 Å². The first-order chi connectivity index (χ1) is 9.95. The second-order valence-electron chi connectivity index (χ2n) is 5.09. The minimum Gasteiger partial charge on any atom is -0.481 e. The topological polar surface area (TPSA) is 69.6 Å². The van der Waals surface area contributed by atoms with Gasteiger partial charge in [0.1, 0.15) is 5.82 Å². The van der Waals surface area contributed by atoms with Gasteiger partial charge in [0.15, 0.2) is 0 Å². The van der Waals surface area contributed by atoms with Gasteiger partial charge in [0.05, 0.1) is 5.69 Å². The number of rotatable bonds is 4. The summed E-state index contributed by atoms with van der Waals surface area (Å²) in [5.74, 6) is -1.13. The van der Waals surface area contributed by atoms with Gasteiger partial charge in [-0.25, -0.2) is 9.18 Å². The largest absolute Gasteiger partial charge is 0.481 e. The standard InChI is InChI=1S/C14H16BrFN2O3/c15-10-2-3-12(11(16)7-10)17-14(21)18-6-5-9(8-18)1-4-13(19)20/h2-3,7,9H,1,4-6,8H2,(H,17,21)(H,19,20). The van der Waals surface area contributed by atoms with Gasteiger partial charge in [-0.05, 0) is 37.0 Å². The molecule has 1 aromatic rings. The van der Waals surface area contributed by atoms with Crippen LogP contribution in [0.25, 0.3) is 0 Å². The highest BCUT2D eigenvalue weighted by molar-refractivity contribution is 9.10. The Hall–Kier alpha value is -1.63. The van der Waals surface area contributed by atoms with E-state index in [1.807, 2.05) is 0 Å². The van der Waals surface area contributed by atoms with Crippen LogP contribution >= 0.6 is 15.9 Å². The van der Waals surface area contributed by atoms with Crippen LogP contribution in [0.4, 0.5) is 14.9 Å². The van der Waals surface area contributed by atoms with E-state index in [2.05, 4.69) is 21.2 Å². The molecule has 1 atom stereocenters. The maximum absolute atomic E-state index is 13.7. The fraction of sp³-hybridized carbons (Fsp3) is 0.429. The van der Waals surface area contributed by atoms with Crippen LogP contribution in [0.2, 0.25) is 0 Å². The van der Waals surface area contributed by atoms with Crippen LogP contribution in [0, 0.1) is 11.7 Å². The number of halogens is 2. The quantitative estimate of drug-likeness (QED) is 0.867. The van der Waals surface area contributed by atoms with Gasteiger partial charge in [0.2, 0.25) is 0 Å². The third-order valence-corrected chi connectivity index (χ3v) is 4.01. The first-order valence-corrected chi connectivity index (χ1v) is 7.48. The Morgan fingerprint density at radius 3 is 2.90 bits per heavy atom. The summed E-state index contributed by atoms with van der Waals surface area (Å²) in [5, 5.41) is 11.2. The number of nitrogens with one attached hydrogen (secondary N) is 1. The molecule has 1 unspecified atom stereocenters. The number of hydrogen-bond acceptors (Lipinski definition) is 2. The highest BCUT2D eigenvalue weighted by Gasteiger charge is 2.26. The van der Waals surface area contributed by atoms with E-state index in [-0.39, 0.29) is 24.1 Å². The second-order valence-corrected chi connectivity index (χ2v) is 6.00. The van der Waals surface area contributed by atoms with Crippen LogP contribution in [0.3, 0.4) is 0 Å². The van der Waals surface area contributed by atoms with Crippen LogP contribution in [-0.4, -0.2) is 35.1 Å².